The molecule has 7 heteroatoms. The van der Waals surface area contributed by atoms with E-state index in [9.17, 15) is 19.7 Å². The summed E-state index contributed by atoms with van der Waals surface area (Å²) in [5, 5.41) is 22.0. The maximum atomic E-state index is 11.3. The predicted octanol–water partition coefficient (Wildman–Crippen LogP) is 1.49. The first-order valence-electron chi connectivity index (χ1n) is 5.27. The van der Waals surface area contributed by atoms with Gasteiger partial charge in [-0.05, 0) is 18.6 Å². The van der Waals surface area contributed by atoms with E-state index in [1.807, 2.05) is 0 Å². The van der Waals surface area contributed by atoms with E-state index < -0.39 is 16.8 Å². The highest BCUT2D eigenvalue weighted by Gasteiger charge is 2.16. The Kier molecular flexibility index (Phi) is 4.36. The molecule has 1 aromatic carbocycles. The van der Waals surface area contributed by atoms with Gasteiger partial charge in [0.15, 0.2) is 0 Å². The number of carbonyl (C=O) groups is 2. The average Bonchev–Trinajstić information content (AvgIpc) is 2.35. The lowest BCUT2D eigenvalue weighted by Crippen LogP contribution is -2.24. The molecule has 0 radical (unpaired) electrons. The van der Waals surface area contributed by atoms with Crippen LogP contribution in [0.1, 0.15) is 22.8 Å². The Bertz CT molecular complexity index is 565. The quantitative estimate of drug-likeness (QED) is 0.475. The number of hydrogen-bond acceptors (Lipinski definition) is 4. The number of nitro groups is 1. The highest BCUT2D eigenvalue weighted by Crippen LogP contribution is 2.18. The molecular weight excluding hydrogens is 252 g/mol. The maximum Gasteiger partial charge on any atom is 0.336 e. The van der Waals surface area contributed by atoms with E-state index in [0.29, 0.717) is 5.57 Å². The van der Waals surface area contributed by atoms with Crippen LogP contribution in [0.25, 0.3) is 0 Å². The molecule has 1 amide bonds. The molecule has 0 heterocycles. The Hall–Kier alpha value is -2.70. The summed E-state index contributed by atoms with van der Waals surface area (Å²) >= 11 is 0. The van der Waals surface area contributed by atoms with Crippen LogP contribution in [0.4, 0.5) is 5.69 Å². The Morgan fingerprint density at radius 2 is 2.11 bits per heavy atom. The molecule has 0 aliphatic heterocycles. The summed E-state index contributed by atoms with van der Waals surface area (Å²) in [5.41, 5.74) is 0.0510. The van der Waals surface area contributed by atoms with Gasteiger partial charge in [0.2, 0.25) is 5.91 Å². The fourth-order valence-corrected chi connectivity index (χ4v) is 1.36. The van der Waals surface area contributed by atoms with Crippen molar-refractivity contribution < 1.29 is 19.6 Å². The number of carbonyl (C=O) groups excluding carboxylic acids is 1. The van der Waals surface area contributed by atoms with Gasteiger partial charge >= 0.3 is 5.97 Å². The van der Waals surface area contributed by atoms with Crippen molar-refractivity contribution in [3.63, 3.8) is 0 Å². The van der Waals surface area contributed by atoms with Crippen molar-refractivity contribution in [1.29, 1.82) is 0 Å². The van der Waals surface area contributed by atoms with E-state index in [2.05, 4.69) is 11.9 Å². The zero-order valence-electron chi connectivity index (χ0n) is 10.2. The number of nitrogens with one attached hydrogen (secondary N) is 1. The number of carboxylic acid groups (broad SMARTS) is 1. The Labute approximate surface area is 108 Å². The average molecular weight is 264 g/mol. The topological polar surface area (TPSA) is 110 Å². The first-order valence-corrected chi connectivity index (χ1v) is 5.27. The molecular formula is C12H12N2O5. The molecule has 100 valence electrons. The van der Waals surface area contributed by atoms with E-state index in [-0.39, 0.29) is 23.4 Å². The summed E-state index contributed by atoms with van der Waals surface area (Å²) in [4.78, 5) is 32.2. The van der Waals surface area contributed by atoms with Gasteiger partial charge in [0.05, 0.1) is 10.5 Å². The number of nitro benzene ring substituents is 1. The summed E-state index contributed by atoms with van der Waals surface area (Å²) in [6, 6.07) is 3.46. The molecule has 0 aromatic heterocycles. The fourth-order valence-electron chi connectivity index (χ4n) is 1.36. The van der Waals surface area contributed by atoms with Crippen LogP contribution in [0.3, 0.4) is 0 Å². The van der Waals surface area contributed by atoms with E-state index in [0.717, 1.165) is 6.07 Å². The lowest BCUT2D eigenvalue weighted by atomic mass is 10.1. The maximum absolute atomic E-state index is 11.3. The zero-order valence-corrected chi connectivity index (χ0v) is 10.2. The van der Waals surface area contributed by atoms with Gasteiger partial charge in [-0.25, -0.2) is 4.79 Å². The van der Waals surface area contributed by atoms with Crippen molar-refractivity contribution in [2.75, 3.05) is 0 Å². The van der Waals surface area contributed by atoms with E-state index >= 15 is 0 Å². The van der Waals surface area contributed by atoms with Crippen LogP contribution >= 0.6 is 0 Å². The third-order valence-electron chi connectivity index (χ3n) is 2.36. The van der Waals surface area contributed by atoms with Crippen LogP contribution in [-0.4, -0.2) is 21.9 Å². The molecule has 0 saturated carbocycles. The molecule has 19 heavy (non-hydrogen) atoms. The van der Waals surface area contributed by atoms with Crippen molar-refractivity contribution in [3.05, 3.63) is 51.6 Å². The van der Waals surface area contributed by atoms with Gasteiger partial charge in [-0.2, -0.15) is 0 Å². The summed E-state index contributed by atoms with van der Waals surface area (Å²) in [5.74, 6) is -1.70. The summed E-state index contributed by atoms with van der Waals surface area (Å²) in [7, 11) is 0. The molecule has 7 nitrogen and oxygen atoms in total. The third kappa shape index (κ3) is 3.63. The van der Waals surface area contributed by atoms with Crippen molar-refractivity contribution in [2.45, 2.75) is 13.5 Å². The van der Waals surface area contributed by atoms with Crippen LogP contribution in [0.5, 0.6) is 0 Å². The Morgan fingerprint density at radius 1 is 1.47 bits per heavy atom. The first kappa shape index (κ1) is 14.4. The van der Waals surface area contributed by atoms with Gasteiger partial charge in [0.25, 0.3) is 5.69 Å². The van der Waals surface area contributed by atoms with Crippen LogP contribution in [0, 0.1) is 10.1 Å². The molecule has 0 saturated heterocycles. The first-order chi connectivity index (χ1) is 8.82. The molecule has 0 aliphatic rings. The van der Waals surface area contributed by atoms with Gasteiger partial charge in [0, 0.05) is 24.3 Å². The number of non-ortho nitro benzene ring substituents is 1. The second-order valence-corrected chi connectivity index (χ2v) is 3.87. The molecule has 0 fully saturated rings. The van der Waals surface area contributed by atoms with Crippen molar-refractivity contribution in [1.82, 2.24) is 5.32 Å². The minimum Gasteiger partial charge on any atom is -0.478 e. The number of amides is 1. The summed E-state index contributed by atoms with van der Waals surface area (Å²) < 4.78 is 0. The lowest BCUT2D eigenvalue weighted by molar-refractivity contribution is -0.384. The van der Waals surface area contributed by atoms with Crippen LogP contribution < -0.4 is 5.32 Å². The second-order valence-electron chi connectivity index (χ2n) is 3.87. The Balaban J connectivity index is 3.01. The minimum atomic E-state index is -1.29. The number of rotatable bonds is 5. The molecule has 1 rings (SSSR count). The van der Waals surface area contributed by atoms with Crippen molar-refractivity contribution in [3.8, 4) is 0 Å². The highest BCUT2D eigenvalue weighted by molar-refractivity contribution is 5.93. The molecule has 0 aliphatic carbocycles. The third-order valence-corrected chi connectivity index (χ3v) is 2.36. The van der Waals surface area contributed by atoms with Crippen LogP contribution in [0.15, 0.2) is 30.4 Å². The molecule has 0 bridgehead atoms. The number of carboxylic acids is 1. The zero-order chi connectivity index (χ0) is 14.6. The number of nitrogens with zero attached hydrogens (tertiary/aromatic N) is 1. The van der Waals surface area contributed by atoms with Crippen LogP contribution in [0.2, 0.25) is 0 Å². The molecule has 0 unspecified atom stereocenters. The predicted molar refractivity (Wildman–Crippen MR) is 66.7 cm³/mol. The van der Waals surface area contributed by atoms with Gasteiger partial charge < -0.3 is 10.4 Å². The summed E-state index contributed by atoms with van der Waals surface area (Å²) in [6.45, 7) is 4.93. The molecule has 1 aromatic rings. The van der Waals surface area contributed by atoms with E-state index in [1.165, 1.54) is 19.1 Å². The molecule has 0 atom stereocenters. The molecule has 2 N–H and O–H groups in total. The fraction of sp³-hybridized carbons (Fsp3) is 0.167. The SMILES string of the molecule is C=C(C)C(=O)NCc1ccc([N+](=O)[O-])cc1C(=O)O. The summed E-state index contributed by atoms with van der Waals surface area (Å²) in [6.07, 6.45) is 0. The second kappa shape index (κ2) is 5.76. The number of hydrogen-bond donors (Lipinski definition) is 2. The van der Waals surface area contributed by atoms with Crippen LogP contribution in [-0.2, 0) is 11.3 Å². The van der Waals surface area contributed by atoms with Gasteiger partial charge in [-0.3, -0.25) is 14.9 Å². The number of aromatic carboxylic acids is 1. The van der Waals surface area contributed by atoms with E-state index in [4.69, 9.17) is 5.11 Å². The van der Waals surface area contributed by atoms with Crippen molar-refractivity contribution in [2.24, 2.45) is 0 Å². The monoisotopic (exact) mass is 264 g/mol. The normalized spacial score (nSPS) is 9.74. The molecule has 0 spiro atoms. The largest absolute Gasteiger partial charge is 0.478 e. The standard InChI is InChI=1S/C12H12N2O5/c1-7(2)11(15)13-6-8-3-4-9(14(18)19)5-10(8)12(16)17/h3-5H,1,6H2,2H3,(H,13,15)(H,16,17). The van der Waals surface area contributed by atoms with E-state index in [1.54, 1.807) is 0 Å². The van der Waals surface area contributed by atoms with Gasteiger partial charge in [0.1, 0.15) is 0 Å². The number of benzene rings is 1. The minimum absolute atomic E-state index is 0.0364. The van der Waals surface area contributed by atoms with Gasteiger partial charge in [-0.1, -0.05) is 6.58 Å². The van der Waals surface area contributed by atoms with Gasteiger partial charge in [-0.15, -0.1) is 0 Å². The lowest BCUT2D eigenvalue weighted by Gasteiger charge is -2.07. The Morgan fingerprint density at radius 3 is 2.58 bits per heavy atom. The highest BCUT2D eigenvalue weighted by atomic mass is 16.6. The van der Waals surface area contributed by atoms with Crippen molar-refractivity contribution >= 4 is 17.6 Å². The smallest absolute Gasteiger partial charge is 0.336 e.